The quantitative estimate of drug-likeness (QED) is 0.786. The molecule has 0 saturated heterocycles. The summed E-state index contributed by atoms with van der Waals surface area (Å²) in [5.41, 5.74) is 3.73. The summed E-state index contributed by atoms with van der Waals surface area (Å²) < 4.78 is 3.87. The average Bonchev–Trinajstić information content (AvgIpc) is 2.98. The first kappa shape index (κ1) is 13.7. The fourth-order valence-electron chi connectivity index (χ4n) is 2.25. The van der Waals surface area contributed by atoms with E-state index in [2.05, 4.69) is 26.0 Å². The summed E-state index contributed by atoms with van der Waals surface area (Å²) in [4.78, 5) is 4.37. The van der Waals surface area contributed by atoms with Gasteiger partial charge in [-0.05, 0) is 40.4 Å². The molecule has 3 rings (SSSR count). The molecule has 0 amide bonds. The Kier molecular flexibility index (Phi) is 3.62. The van der Waals surface area contributed by atoms with Gasteiger partial charge < -0.3 is 5.11 Å². The summed E-state index contributed by atoms with van der Waals surface area (Å²) in [5.74, 6) is 0. The van der Waals surface area contributed by atoms with Crippen molar-refractivity contribution in [3.05, 3.63) is 45.1 Å². The maximum absolute atomic E-state index is 10.4. The van der Waals surface area contributed by atoms with E-state index in [0.717, 1.165) is 31.6 Å². The van der Waals surface area contributed by atoms with Crippen molar-refractivity contribution in [3.63, 3.8) is 0 Å². The molecular weight excluding hydrogens is 338 g/mol. The van der Waals surface area contributed by atoms with Crippen molar-refractivity contribution < 1.29 is 5.11 Å². The molecule has 0 bridgehead atoms. The van der Waals surface area contributed by atoms with Crippen LogP contribution in [-0.2, 0) is 13.5 Å². The SMILES string of the molecule is Cc1nn(C)c(CC(O)c2cnc3ccsc3c2)c1Br. The van der Waals surface area contributed by atoms with E-state index >= 15 is 0 Å². The second kappa shape index (κ2) is 5.27. The molecule has 1 N–H and O–H groups in total. The van der Waals surface area contributed by atoms with E-state index < -0.39 is 6.10 Å². The van der Waals surface area contributed by atoms with Crippen LogP contribution in [0.2, 0.25) is 0 Å². The van der Waals surface area contributed by atoms with E-state index in [0.29, 0.717) is 6.42 Å². The molecule has 1 atom stereocenters. The monoisotopic (exact) mass is 351 g/mol. The molecule has 0 aliphatic rings. The van der Waals surface area contributed by atoms with Gasteiger partial charge in [0.2, 0.25) is 0 Å². The van der Waals surface area contributed by atoms with Gasteiger partial charge in [-0.1, -0.05) is 0 Å². The highest BCUT2D eigenvalue weighted by atomic mass is 79.9. The average molecular weight is 352 g/mol. The molecule has 4 nitrogen and oxygen atoms in total. The van der Waals surface area contributed by atoms with Crippen LogP contribution in [0.15, 0.2) is 28.2 Å². The van der Waals surface area contributed by atoms with Crippen molar-refractivity contribution in [2.75, 3.05) is 0 Å². The standard InChI is InChI=1S/C14H14BrN3OS/c1-8-14(15)11(18(2)17-8)6-12(19)9-5-13-10(16-7-9)3-4-20-13/h3-5,7,12,19H,6H2,1-2H3. The number of nitrogens with zero attached hydrogens (tertiary/aromatic N) is 3. The summed E-state index contributed by atoms with van der Waals surface area (Å²) in [7, 11) is 1.89. The lowest BCUT2D eigenvalue weighted by Gasteiger charge is -2.11. The Bertz CT molecular complexity index is 765. The van der Waals surface area contributed by atoms with Gasteiger partial charge in [-0.3, -0.25) is 9.67 Å². The molecule has 20 heavy (non-hydrogen) atoms. The summed E-state index contributed by atoms with van der Waals surface area (Å²) in [5, 5.41) is 16.8. The van der Waals surface area contributed by atoms with Crippen molar-refractivity contribution in [2.45, 2.75) is 19.4 Å². The number of fused-ring (bicyclic) bond motifs is 1. The zero-order chi connectivity index (χ0) is 14.3. The fourth-order valence-corrected chi connectivity index (χ4v) is 3.53. The minimum absolute atomic E-state index is 0.510. The third kappa shape index (κ3) is 2.39. The van der Waals surface area contributed by atoms with E-state index in [4.69, 9.17) is 0 Å². The van der Waals surface area contributed by atoms with Crippen molar-refractivity contribution in [3.8, 4) is 0 Å². The molecule has 0 fully saturated rings. The highest BCUT2D eigenvalue weighted by Crippen LogP contribution is 2.28. The van der Waals surface area contributed by atoms with Crippen LogP contribution in [0.3, 0.4) is 0 Å². The van der Waals surface area contributed by atoms with E-state index in [-0.39, 0.29) is 0 Å². The topological polar surface area (TPSA) is 50.9 Å². The van der Waals surface area contributed by atoms with Crippen molar-refractivity contribution >= 4 is 37.5 Å². The van der Waals surface area contributed by atoms with Crippen LogP contribution in [0.25, 0.3) is 10.2 Å². The Morgan fingerprint density at radius 1 is 1.50 bits per heavy atom. The lowest BCUT2D eigenvalue weighted by atomic mass is 10.1. The van der Waals surface area contributed by atoms with Crippen LogP contribution in [0.5, 0.6) is 0 Å². The summed E-state index contributed by atoms with van der Waals surface area (Å²) in [6.45, 7) is 1.94. The second-order valence-corrected chi connectivity index (χ2v) is 6.50. The first-order valence-corrected chi connectivity index (χ1v) is 7.92. The van der Waals surface area contributed by atoms with Gasteiger partial charge in [0, 0.05) is 25.2 Å². The van der Waals surface area contributed by atoms with Crippen LogP contribution < -0.4 is 0 Å². The molecule has 0 saturated carbocycles. The lowest BCUT2D eigenvalue weighted by molar-refractivity contribution is 0.175. The minimum atomic E-state index is -0.583. The maximum Gasteiger partial charge on any atom is 0.0861 e. The summed E-state index contributed by atoms with van der Waals surface area (Å²) in [6.07, 6.45) is 1.67. The van der Waals surface area contributed by atoms with Gasteiger partial charge in [-0.15, -0.1) is 11.3 Å². The van der Waals surface area contributed by atoms with Gasteiger partial charge >= 0.3 is 0 Å². The first-order chi connectivity index (χ1) is 9.56. The molecule has 104 valence electrons. The highest BCUT2D eigenvalue weighted by molar-refractivity contribution is 9.10. The fraction of sp³-hybridized carbons (Fsp3) is 0.286. The number of thiophene rings is 1. The summed E-state index contributed by atoms with van der Waals surface area (Å²) >= 11 is 5.16. The van der Waals surface area contributed by atoms with Crippen molar-refractivity contribution in [2.24, 2.45) is 7.05 Å². The minimum Gasteiger partial charge on any atom is -0.388 e. The Hall–Kier alpha value is -1.24. The van der Waals surface area contributed by atoms with Crippen molar-refractivity contribution in [1.82, 2.24) is 14.8 Å². The molecule has 3 aromatic rings. The number of aromatic nitrogens is 3. The van der Waals surface area contributed by atoms with Gasteiger partial charge in [0.15, 0.2) is 0 Å². The zero-order valence-corrected chi connectivity index (χ0v) is 13.6. The van der Waals surface area contributed by atoms with E-state index in [1.54, 1.807) is 22.2 Å². The van der Waals surface area contributed by atoms with E-state index in [9.17, 15) is 5.11 Å². The molecule has 0 aliphatic carbocycles. The Morgan fingerprint density at radius 2 is 2.30 bits per heavy atom. The third-order valence-electron chi connectivity index (χ3n) is 3.36. The number of aliphatic hydroxyl groups is 1. The maximum atomic E-state index is 10.4. The van der Waals surface area contributed by atoms with Crippen molar-refractivity contribution in [1.29, 1.82) is 0 Å². The number of hydrogen-bond acceptors (Lipinski definition) is 4. The first-order valence-electron chi connectivity index (χ1n) is 6.25. The molecule has 3 aromatic heterocycles. The lowest BCUT2D eigenvalue weighted by Crippen LogP contribution is -2.07. The van der Waals surface area contributed by atoms with Crippen LogP contribution in [-0.4, -0.2) is 19.9 Å². The van der Waals surface area contributed by atoms with Crippen LogP contribution in [0, 0.1) is 6.92 Å². The zero-order valence-electron chi connectivity index (χ0n) is 11.2. The Morgan fingerprint density at radius 3 is 3.00 bits per heavy atom. The van der Waals surface area contributed by atoms with Crippen LogP contribution in [0.4, 0.5) is 0 Å². The van der Waals surface area contributed by atoms with Gasteiger partial charge in [0.05, 0.1) is 32.2 Å². The highest BCUT2D eigenvalue weighted by Gasteiger charge is 2.17. The third-order valence-corrected chi connectivity index (χ3v) is 5.24. The summed E-state index contributed by atoms with van der Waals surface area (Å²) in [6, 6.07) is 3.99. The van der Waals surface area contributed by atoms with E-state index in [1.807, 2.05) is 31.5 Å². The van der Waals surface area contributed by atoms with Gasteiger partial charge in [0.25, 0.3) is 0 Å². The molecule has 0 spiro atoms. The number of rotatable bonds is 3. The predicted octanol–water partition coefficient (Wildman–Crippen LogP) is 3.38. The number of aryl methyl sites for hydroxylation is 2. The van der Waals surface area contributed by atoms with Gasteiger partial charge in [-0.2, -0.15) is 5.10 Å². The van der Waals surface area contributed by atoms with Gasteiger partial charge in [-0.25, -0.2) is 0 Å². The van der Waals surface area contributed by atoms with Crippen LogP contribution in [0.1, 0.15) is 23.1 Å². The van der Waals surface area contributed by atoms with E-state index in [1.165, 1.54) is 0 Å². The number of hydrogen-bond donors (Lipinski definition) is 1. The number of aliphatic hydroxyl groups excluding tert-OH is 1. The normalized spacial score (nSPS) is 13.0. The Balaban J connectivity index is 1.90. The largest absolute Gasteiger partial charge is 0.388 e. The second-order valence-electron chi connectivity index (χ2n) is 4.76. The predicted molar refractivity (Wildman–Crippen MR) is 83.9 cm³/mol. The number of pyridine rings is 1. The number of halogens is 1. The molecule has 1 unspecified atom stereocenters. The molecular formula is C14H14BrN3OS. The molecule has 0 aliphatic heterocycles. The molecule has 6 heteroatoms. The Labute approximate surface area is 129 Å². The molecule has 0 radical (unpaired) electrons. The van der Waals surface area contributed by atoms with Crippen LogP contribution >= 0.6 is 27.3 Å². The molecule has 3 heterocycles. The molecule has 0 aromatic carbocycles. The smallest absolute Gasteiger partial charge is 0.0861 e. The van der Waals surface area contributed by atoms with Gasteiger partial charge in [0.1, 0.15) is 0 Å².